The maximum absolute atomic E-state index is 12.3. The first-order valence-corrected chi connectivity index (χ1v) is 8.29. The van der Waals surface area contributed by atoms with Crippen LogP contribution in [0, 0.1) is 11.3 Å². The van der Waals surface area contributed by atoms with Gasteiger partial charge in [0.25, 0.3) is 0 Å². The molecule has 0 aromatic heterocycles. The van der Waals surface area contributed by atoms with Crippen molar-refractivity contribution in [2.24, 2.45) is 11.3 Å². The van der Waals surface area contributed by atoms with Crippen molar-refractivity contribution in [2.45, 2.75) is 33.7 Å². The summed E-state index contributed by atoms with van der Waals surface area (Å²) in [5, 5.41) is 12.1. The van der Waals surface area contributed by atoms with Crippen molar-refractivity contribution in [1.82, 2.24) is 10.2 Å². The van der Waals surface area contributed by atoms with Gasteiger partial charge in [-0.2, -0.15) is 0 Å². The van der Waals surface area contributed by atoms with Crippen molar-refractivity contribution in [2.75, 3.05) is 19.7 Å². The van der Waals surface area contributed by atoms with E-state index in [0.717, 1.165) is 11.3 Å². The molecule has 1 unspecified atom stereocenters. The molecule has 24 heavy (non-hydrogen) atoms. The van der Waals surface area contributed by atoms with E-state index in [9.17, 15) is 14.7 Å². The summed E-state index contributed by atoms with van der Waals surface area (Å²) in [4.78, 5) is 25.1. The molecule has 6 nitrogen and oxygen atoms in total. The molecule has 1 atom stereocenters. The lowest BCUT2D eigenvalue weighted by molar-refractivity contribution is -0.147. The molecule has 6 heteroatoms. The molecule has 0 bridgehead atoms. The Bertz CT molecular complexity index is 602. The zero-order valence-electron chi connectivity index (χ0n) is 14.5. The van der Waals surface area contributed by atoms with Crippen LogP contribution in [0.3, 0.4) is 0 Å². The molecule has 1 fully saturated rings. The third-order valence-corrected chi connectivity index (χ3v) is 4.25. The molecule has 2 N–H and O–H groups in total. The number of para-hydroxylation sites is 1. The van der Waals surface area contributed by atoms with Gasteiger partial charge in [-0.3, -0.25) is 4.79 Å². The van der Waals surface area contributed by atoms with E-state index in [1.54, 1.807) is 11.8 Å². The van der Waals surface area contributed by atoms with Crippen LogP contribution in [-0.4, -0.2) is 41.7 Å². The summed E-state index contributed by atoms with van der Waals surface area (Å²) in [5.74, 6) is 0.333. The first-order valence-electron chi connectivity index (χ1n) is 8.29. The molecule has 1 aromatic rings. The molecule has 132 valence electrons. The van der Waals surface area contributed by atoms with Crippen molar-refractivity contribution in [3.8, 4) is 5.75 Å². The summed E-state index contributed by atoms with van der Waals surface area (Å²) in [6.45, 7) is 7.51. The van der Waals surface area contributed by atoms with Gasteiger partial charge in [0.15, 0.2) is 0 Å². The fourth-order valence-corrected chi connectivity index (χ4v) is 2.64. The van der Waals surface area contributed by atoms with E-state index < -0.39 is 11.4 Å². The van der Waals surface area contributed by atoms with Gasteiger partial charge in [-0.1, -0.05) is 32.0 Å². The highest BCUT2D eigenvalue weighted by molar-refractivity contribution is 5.79. The van der Waals surface area contributed by atoms with E-state index in [0.29, 0.717) is 32.0 Å². The predicted octanol–water partition coefficient (Wildman–Crippen LogP) is 2.73. The van der Waals surface area contributed by atoms with Gasteiger partial charge in [-0.25, -0.2) is 4.79 Å². The van der Waals surface area contributed by atoms with E-state index in [2.05, 4.69) is 19.2 Å². The number of ether oxygens (including phenoxy) is 1. The Kier molecular flexibility index (Phi) is 5.70. The van der Waals surface area contributed by atoms with E-state index >= 15 is 0 Å². The van der Waals surface area contributed by atoms with Crippen LogP contribution in [0.2, 0.25) is 0 Å². The summed E-state index contributed by atoms with van der Waals surface area (Å²) >= 11 is 0. The number of carboxylic acid groups (broad SMARTS) is 1. The van der Waals surface area contributed by atoms with E-state index in [4.69, 9.17) is 4.74 Å². The molecule has 2 rings (SSSR count). The van der Waals surface area contributed by atoms with Crippen molar-refractivity contribution in [3.63, 3.8) is 0 Å². The molecule has 1 aliphatic heterocycles. The summed E-state index contributed by atoms with van der Waals surface area (Å²) < 4.78 is 5.78. The highest BCUT2D eigenvalue weighted by Gasteiger charge is 2.42. The second-order valence-corrected chi connectivity index (χ2v) is 7.01. The van der Waals surface area contributed by atoms with Crippen molar-refractivity contribution in [3.05, 3.63) is 29.8 Å². The number of carbonyl (C=O) groups excluding carboxylic acids is 1. The first-order chi connectivity index (χ1) is 11.3. The average Bonchev–Trinajstić information content (AvgIpc) is 2.95. The Morgan fingerprint density at radius 2 is 2.08 bits per heavy atom. The molecule has 0 aliphatic carbocycles. The maximum Gasteiger partial charge on any atom is 0.317 e. The maximum atomic E-state index is 12.3. The third-order valence-electron chi connectivity index (χ3n) is 4.25. The Morgan fingerprint density at radius 1 is 1.38 bits per heavy atom. The number of hydrogen-bond acceptors (Lipinski definition) is 3. The minimum atomic E-state index is -0.856. The van der Waals surface area contributed by atoms with Crippen LogP contribution in [0.15, 0.2) is 24.3 Å². The van der Waals surface area contributed by atoms with Gasteiger partial charge < -0.3 is 20.1 Å². The Morgan fingerprint density at radius 3 is 2.71 bits per heavy atom. The van der Waals surface area contributed by atoms with Crippen LogP contribution in [0.4, 0.5) is 4.79 Å². The van der Waals surface area contributed by atoms with E-state index in [1.807, 2.05) is 24.3 Å². The molecule has 2 amide bonds. The van der Waals surface area contributed by atoms with Crippen LogP contribution in [0.1, 0.15) is 32.8 Å². The number of nitrogens with zero attached hydrogens (tertiary/aromatic N) is 1. The highest BCUT2D eigenvalue weighted by atomic mass is 16.5. The quantitative estimate of drug-likeness (QED) is 0.838. The van der Waals surface area contributed by atoms with Crippen molar-refractivity contribution in [1.29, 1.82) is 0 Å². The second-order valence-electron chi connectivity index (χ2n) is 7.01. The fourth-order valence-electron chi connectivity index (χ4n) is 2.64. The SMILES string of the molecule is CC(C)COc1ccccc1CNC(=O)N1CCC(C)(C(=O)O)C1. The summed E-state index contributed by atoms with van der Waals surface area (Å²) in [5.41, 5.74) is 0.0574. The second kappa shape index (κ2) is 7.55. The van der Waals surface area contributed by atoms with E-state index in [1.165, 1.54) is 0 Å². The molecule has 1 heterocycles. The van der Waals surface area contributed by atoms with Gasteiger partial charge in [-0.05, 0) is 25.3 Å². The standard InChI is InChI=1S/C18H26N2O4/c1-13(2)11-24-15-7-5-4-6-14(15)10-19-17(23)20-9-8-18(3,12-20)16(21)22/h4-7,13H,8-12H2,1-3H3,(H,19,23)(H,21,22). The van der Waals surface area contributed by atoms with Crippen molar-refractivity contribution < 1.29 is 19.4 Å². The summed E-state index contributed by atoms with van der Waals surface area (Å²) in [6, 6.07) is 7.38. The number of amides is 2. The minimum Gasteiger partial charge on any atom is -0.493 e. The number of urea groups is 1. The number of carbonyl (C=O) groups is 2. The van der Waals surface area contributed by atoms with Gasteiger partial charge in [0.2, 0.25) is 0 Å². The van der Waals surface area contributed by atoms with Gasteiger partial charge in [-0.15, -0.1) is 0 Å². The monoisotopic (exact) mass is 334 g/mol. The molecule has 1 saturated heterocycles. The Balaban J connectivity index is 1.92. The molecular formula is C18H26N2O4. The van der Waals surface area contributed by atoms with E-state index in [-0.39, 0.29) is 12.6 Å². The number of aliphatic carboxylic acids is 1. The summed E-state index contributed by atoms with van der Waals surface area (Å²) in [7, 11) is 0. The topological polar surface area (TPSA) is 78.9 Å². The first kappa shape index (κ1) is 18.1. The summed E-state index contributed by atoms with van der Waals surface area (Å²) in [6.07, 6.45) is 0.476. The third kappa shape index (κ3) is 4.40. The zero-order chi connectivity index (χ0) is 17.7. The molecule has 1 aromatic carbocycles. The van der Waals surface area contributed by atoms with Crippen molar-refractivity contribution >= 4 is 12.0 Å². The number of benzene rings is 1. The van der Waals surface area contributed by atoms with Crippen LogP contribution in [0.5, 0.6) is 5.75 Å². The van der Waals surface area contributed by atoms with Crippen LogP contribution >= 0.6 is 0 Å². The lowest BCUT2D eigenvalue weighted by Crippen LogP contribution is -2.40. The Hall–Kier alpha value is -2.24. The number of carboxylic acids is 1. The Labute approximate surface area is 142 Å². The highest BCUT2D eigenvalue weighted by Crippen LogP contribution is 2.30. The lowest BCUT2D eigenvalue weighted by Gasteiger charge is -2.21. The smallest absolute Gasteiger partial charge is 0.317 e. The average molecular weight is 334 g/mol. The number of nitrogens with one attached hydrogen (secondary N) is 1. The predicted molar refractivity (Wildman–Crippen MR) is 90.9 cm³/mol. The number of rotatable bonds is 6. The molecule has 0 saturated carbocycles. The number of hydrogen-bond donors (Lipinski definition) is 2. The van der Waals surface area contributed by atoms with Gasteiger partial charge in [0.05, 0.1) is 12.0 Å². The molecule has 0 spiro atoms. The van der Waals surface area contributed by atoms with Gasteiger partial charge in [0.1, 0.15) is 5.75 Å². The van der Waals surface area contributed by atoms with Crippen LogP contribution in [-0.2, 0) is 11.3 Å². The number of likely N-dealkylation sites (tertiary alicyclic amines) is 1. The fraction of sp³-hybridized carbons (Fsp3) is 0.556. The largest absolute Gasteiger partial charge is 0.493 e. The normalized spacial score (nSPS) is 20.2. The zero-order valence-corrected chi connectivity index (χ0v) is 14.5. The van der Waals surface area contributed by atoms with Gasteiger partial charge in [0, 0.05) is 25.2 Å². The molecule has 1 aliphatic rings. The minimum absolute atomic E-state index is 0.236. The molecular weight excluding hydrogens is 308 g/mol. The van der Waals surface area contributed by atoms with Crippen LogP contribution in [0.25, 0.3) is 0 Å². The lowest BCUT2D eigenvalue weighted by atomic mass is 9.90. The van der Waals surface area contributed by atoms with Gasteiger partial charge >= 0.3 is 12.0 Å². The van der Waals surface area contributed by atoms with Crippen LogP contribution < -0.4 is 10.1 Å². The molecule has 0 radical (unpaired) electrons.